The van der Waals surface area contributed by atoms with Crippen LogP contribution in [0.3, 0.4) is 0 Å². The molecule has 6 heteroatoms. The van der Waals surface area contributed by atoms with Gasteiger partial charge in [0.05, 0.1) is 0 Å². The highest BCUT2D eigenvalue weighted by atomic mass is 35.5. The molecule has 0 aliphatic carbocycles. The third-order valence-corrected chi connectivity index (χ3v) is 2.53. The molecule has 2 aromatic rings. The molecule has 0 spiro atoms. The molecule has 1 heterocycles. The Hall–Kier alpha value is -1.88. The number of aryl methyl sites for hydroxylation is 1. The molecule has 0 saturated carbocycles. The van der Waals surface area contributed by atoms with Gasteiger partial charge in [0, 0.05) is 24.1 Å². The van der Waals surface area contributed by atoms with Crippen LogP contribution in [0.4, 0.5) is 0 Å². The van der Waals surface area contributed by atoms with Gasteiger partial charge in [0.15, 0.2) is 5.82 Å². The predicted molar refractivity (Wildman–Crippen MR) is 67.5 cm³/mol. The fourth-order valence-electron chi connectivity index (χ4n) is 1.46. The number of hydrogen-bond donors (Lipinski definition) is 0. The van der Waals surface area contributed by atoms with Crippen molar-refractivity contribution >= 4 is 17.6 Å². The van der Waals surface area contributed by atoms with Gasteiger partial charge in [0.25, 0.3) is 0 Å². The summed E-state index contributed by atoms with van der Waals surface area (Å²) in [7, 11) is 0. The number of hydrogen-bond acceptors (Lipinski definition) is 4. The van der Waals surface area contributed by atoms with E-state index in [9.17, 15) is 4.79 Å². The summed E-state index contributed by atoms with van der Waals surface area (Å²) in [6, 6.07) is 7.35. The molecule has 94 valence electrons. The third-order valence-electron chi connectivity index (χ3n) is 2.27. The average Bonchev–Trinajstić information content (AvgIpc) is 2.72. The molecule has 0 fully saturated rings. The van der Waals surface area contributed by atoms with Crippen molar-refractivity contribution in [2.45, 2.75) is 20.4 Å². The lowest BCUT2D eigenvalue weighted by molar-refractivity contribution is -0.132. The van der Waals surface area contributed by atoms with E-state index < -0.39 is 5.97 Å². The molecule has 0 unspecified atom stereocenters. The second-order valence-corrected chi connectivity index (χ2v) is 4.07. The van der Waals surface area contributed by atoms with E-state index >= 15 is 0 Å². The minimum atomic E-state index is -0.417. The Balaban J connectivity index is 2.37. The van der Waals surface area contributed by atoms with E-state index in [1.54, 1.807) is 12.1 Å². The zero-order chi connectivity index (χ0) is 13.1. The molecule has 1 aromatic carbocycles. The van der Waals surface area contributed by atoms with Crippen molar-refractivity contribution in [2.24, 2.45) is 0 Å². The molecule has 0 bridgehead atoms. The molecule has 2 rings (SSSR count). The largest absolute Gasteiger partial charge is 0.391 e. The first-order valence-corrected chi connectivity index (χ1v) is 5.87. The van der Waals surface area contributed by atoms with Crippen LogP contribution in [0.2, 0.25) is 5.02 Å². The van der Waals surface area contributed by atoms with E-state index in [0.717, 1.165) is 5.56 Å². The number of esters is 1. The maximum absolute atomic E-state index is 11.0. The minimum Gasteiger partial charge on any atom is -0.391 e. The van der Waals surface area contributed by atoms with Gasteiger partial charge in [-0.3, -0.25) is 4.79 Å². The van der Waals surface area contributed by atoms with Crippen LogP contribution in [0, 0.1) is 0 Å². The number of carbonyl (C=O) groups is 1. The number of halogens is 1. The van der Waals surface area contributed by atoms with Gasteiger partial charge >= 0.3 is 12.0 Å². The fraction of sp³-hybridized carbons (Fsp3) is 0.250. The van der Waals surface area contributed by atoms with Crippen molar-refractivity contribution in [3.8, 4) is 17.4 Å². The smallest absolute Gasteiger partial charge is 0.323 e. The lowest BCUT2D eigenvalue weighted by atomic mass is 10.2. The molecular formula is C12H12ClN3O2. The Morgan fingerprint density at radius 3 is 2.61 bits per heavy atom. The number of ether oxygens (including phenoxy) is 1. The number of rotatable bonds is 3. The normalized spacial score (nSPS) is 10.4. The maximum Gasteiger partial charge on any atom is 0.323 e. The first kappa shape index (κ1) is 12.6. The number of nitrogens with zero attached hydrogens (tertiary/aromatic N) is 3. The lowest BCUT2D eigenvalue weighted by Crippen LogP contribution is -2.08. The molecule has 1 aromatic heterocycles. The summed E-state index contributed by atoms with van der Waals surface area (Å²) < 4.78 is 6.52. The molecule has 5 nitrogen and oxygen atoms in total. The van der Waals surface area contributed by atoms with Crippen LogP contribution in [0.25, 0.3) is 11.4 Å². The molecule has 0 aliphatic heterocycles. The van der Waals surface area contributed by atoms with E-state index in [0.29, 0.717) is 17.4 Å². The Morgan fingerprint density at radius 1 is 1.39 bits per heavy atom. The Labute approximate surface area is 109 Å². The predicted octanol–water partition coefficient (Wildman–Crippen LogP) is 2.54. The highest BCUT2D eigenvalue weighted by Crippen LogP contribution is 2.21. The highest BCUT2D eigenvalue weighted by molar-refractivity contribution is 6.30. The molecule has 0 aliphatic rings. The molecule has 0 saturated heterocycles. The van der Waals surface area contributed by atoms with E-state index in [2.05, 4.69) is 10.1 Å². The van der Waals surface area contributed by atoms with E-state index in [4.69, 9.17) is 16.3 Å². The van der Waals surface area contributed by atoms with Gasteiger partial charge in [-0.25, -0.2) is 4.68 Å². The van der Waals surface area contributed by atoms with Gasteiger partial charge < -0.3 is 4.74 Å². The third kappa shape index (κ3) is 2.68. The van der Waals surface area contributed by atoms with Gasteiger partial charge in [-0.15, -0.1) is 5.10 Å². The molecule has 0 amide bonds. The summed E-state index contributed by atoms with van der Waals surface area (Å²) in [5.74, 6) is 0.0875. The SMILES string of the molecule is CCn1nc(-c2ccc(Cl)cc2)nc1OC(C)=O. The summed E-state index contributed by atoms with van der Waals surface area (Å²) in [5.41, 5.74) is 0.819. The van der Waals surface area contributed by atoms with E-state index in [-0.39, 0.29) is 6.01 Å². The quantitative estimate of drug-likeness (QED) is 0.801. The lowest BCUT2D eigenvalue weighted by Gasteiger charge is -1.99. The van der Waals surface area contributed by atoms with Crippen molar-refractivity contribution in [3.63, 3.8) is 0 Å². The first-order chi connectivity index (χ1) is 8.60. The topological polar surface area (TPSA) is 57.0 Å². The van der Waals surface area contributed by atoms with Gasteiger partial charge in [0.2, 0.25) is 0 Å². The Bertz CT molecular complexity index is 563. The summed E-state index contributed by atoms with van der Waals surface area (Å²) in [5, 5.41) is 4.91. The second-order valence-electron chi connectivity index (χ2n) is 3.63. The first-order valence-electron chi connectivity index (χ1n) is 5.49. The molecule has 18 heavy (non-hydrogen) atoms. The summed E-state index contributed by atoms with van der Waals surface area (Å²) >= 11 is 5.82. The Morgan fingerprint density at radius 2 is 2.06 bits per heavy atom. The molecule has 0 N–H and O–H groups in total. The average molecular weight is 266 g/mol. The summed E-state index contributed by atoms with van der Waals surface area (Å²) in [6.45, 7) is 3.80. The summed E-state index contributed by atoms with van der Waals surface area (Å²) in [4.78, 5) is 15.1. The van der Waals surface area contributed by atoms with Crippen LogP contribution < -0.4 is 4.74 Å². The monoisotopic (exact) mass is 265 g/mol. The standard InChI is InChI=1S/C12H12ClN3O2/c1-3-16-12(18-8(2)17)14-11(15-16)9-4-6-10(13)7-5-9/h4-7H,3H2,1-2H3. The zero-order valence-electron chi connectivity index (χ0n) is 10.1. The molecule has 0 atom stereocenters. The minimum absolute atomic E-state index is 0.204. The maximum atomic E-state index is 11.0. The number of benzene rings is 1. The molecular weight excluding hydrogens is 254 g/mol. The van der Waals surface area contributed by atoms with Crippen LogP contribution in [0.15, 0.2) is 24.3 Å². The van der Waals surface area contributed by atoms with Crippen LogP contribution >= 0.6 is 11.6 Å². The van der Waals surface area contributed by atoms with Crippen LogP contribution in [0.5, 0.6) is 6.01 Å². The van der Waals surface area contributed by atoms with Crippen molar-refractivity contribution < 1.29 is 9.53 Å². The second kappa shape index (κ2) is 5.18. The number of carbonyl (C=O) groups excluding carboxylic acids is 1. The van der Waals surface area contributed by atoms with Gasteiger partial charge in [-0.05, 0) is 31.2 Å². The van der Waals surface area contributed by atoms with Crippen LogP contribution in [-0.2, 0) is 11.3 Å². The van der Waals surface area contributed by atoms with Crippen molar-refractivity contribution in [2.75, 3.05) is 0 Å². The van der Waals surface area contributed by atoms with Gasteiger partial charge in [0.1, 0.15) is 0 Å². The molecule has 0 radical (unpaired) electrons. The Kier molecular flexibility index (Phi) is 3.62. The zero-order valence-corrected chi connectivity index (χ0v) is 10.8. The van der Waals surface area contributed by atoms with Gasteiger partial charge in [-0.2, -0.15) is 4.98 Å². The van der Waals surface area contributed by atoms with Gasteiger partial charge in [-0.1, -0.05) is 11.6 Å². The highest BCUT2D eigenvalue weighted by Gasteiger charge is 2.13. The summed E-state index contributed by atoms with van der Waals surface area (Å²) in [6.07, 6.45) is 0. The van der Waals surface area contributed by atoms with E-state index in [1.807, 2.05) is 19.1 Å². The van der Waals surface area contributed by atoms with Crippen molar-refractivity contribution in [1.82, 2.24) is 14.8 Å². The van der Waals surface area contributed by atoms with Crippen LogP contribution in [-0.4, -0.2) is 20.7 Å². The fourth-order valence-corrected chi connectivity index (χ4v) is 1.59. The number of aromatic nitrogens is 3. The van der Waals surface area contributed by atoms with E-state index in [1.165, 1.54) is 11.6 Å². The van der Waals surface area contributed by atoms with Crippen LogP contribution in [0.1, 0.15) is 13.8 Å². The van der Waals surface area contributed by atoms with Crippen molar-refractivity contribution in [3.05, 3.63) is 29.3 Å². The van der Waals surface area contributed by atoms with Crippen molar-refractivity contribution in [1.29, 1.82) is 0 Å².